The molecule has 2 rings (SSSR count). The minimum absolute atomic E-state index is 0.0766. The lowest BCUT2D eigenvalue weighted by Gasteiger charge is -2.17. The number of benzene rings is 1. The Morgan fingerprint density at radius 1 is 0.913 bits per heavy atom. The molecule has 0 saturated carbocycles. The number of hydrogen-bond donors (Lipinski definition) is 0. The number of rotatable bonds is 2. The molecule has 0 bridgehead atoms. The van der Waals surface area contributed by atoms with Crippen LogP contribution in [0.15, 0.2) is 24.3 Å². The van der Waals surface area contributed by atoms with Crippen LogP contribution < -0.4 is 4.74 Å². The lowest BCUT2D eigenvalue weighted by molar-refractivity contribution is -0.152. The van der Waals surface area contributed by atoms with Crippen LogP contribution in [-0.4, -0.2) is 17.1 Å². The van der Waals surface area contributed by atoms with Crippen LogP contribution in [-0.2, 0) is 12.4 Å². The predicted octanol–water partition coefficient (Wildman–Crippen LogP) is 4.84. The molecule has 0 aliphatic rings. The first-order valence-corrected chi connectivity index (χ1v) is 6.28. The summed E-state index contributed by atoms with van der Waals surface area (Å²) in [7, 11) is 0.919. The zero-order chi connectivity index (χ0) is 17.4. The Kier molecular flexibility index (Phi) is 4.43. The number of alkyl halides is 6. The molecule has 0 aliphatic heterocycles. The zero-order valence-corrected chi connectivity index (χ0v) is 12.0. The molecule has 0 saturated heterocycles. The maximum Gasteiger partial charge on any atom is 0.451 e. The Bertz CT molecular complexity index is 712. The summed E-state index contributed by atoms with van der Waals surface area (Å²) in [5.41, 5.74) is -2.50. The molecule has 0 atom stereocenters. The number of ether oxygens (including phenoxy) is 1. The first-order valence-electron chi connectivity index (χ1n) is 5.90. The normalized spacial score (nSPS) is 12.3. The number of hydrogen-bond acceptors (Lipinski definition) is 3. The SMILES string of the molecule is COc1nc(C(F)(F)F)nc(C(F)(F)F)c1-c1ccc(Cl)cc1. The van der Waals surface area contributed by atoms with Gasteiger partial charge in [0.25, 0.3) is 0 Å². The van der Waals surface area contributed by atoms with Crippen molar-refractivity contribution in [3.8, 4) is 17.0 Å². The molecule has 124 valence electrons. The maximum absolute atomic E-state index is 13.2. The van der Waals surface area contributed by atoms with E-state index in [1.165, 1.54) is 24.3 Å². The molecular weight excluding hydrogens is 350 g/mol. The largest absolute Gasteiger partial charge is 0.480 e. The molecular formula is C13H7ClF6N2O. The standard InChI is InChI=1S/C13H7ClF6N2O/c1-23-10-8(6-2-4-7(14)5-3-6)9(12(15,16)17)21-11(22-10)13(18,19)20/h2-5H,1H3. The first-order chi connectivity index (χ1) is 10.5. The van der Waals surface area contributed by atoms with Crippen molar-refractivity contribution in [3.63, 3.8) is 0 Å². The summed E-state index contributed by atoms with van der Waals surface area (Å²) in [5, 5.41) is 0.245. The summed E-state index contributed by atoms with van der Waals surface area (Å²) in [6.45, 7) is 0. The summed E-state index contributed by atoms with van der Waals surface area (Å²) in [5.74, 6) is -2.76. The van der Waals surface area contributed by atoms with Crippen LogP contribution in [0.2, 0.25) is 5.02 Å². The third-order valence-corrected chi connectivity index (χ3v) is 2.98. The average Bonchev–Trinajstić information content (AvgIpc) is 2.45. The van der Waals surface area contributed by atoms with Crippen molar-refractivity contribution < 1.29 is 31.1 Å². The van der Waals surface area contributed by atoms with Crippen LogP contribution in [0.25, 0.3) is 11.1 Å². The van der Waals surface area contributed by atoms with E-state index < -0.39 is 35.3 Å². The van der Waals surface area contributed by atoms with Gasteiger partial charge in [-0.1, -0.05) is 23.7 Å². The Morgan fingerprint density at radius 3 is 1.91 bits per heavy atom. The maximum atomic E-state index is 13.2. The van der Waals surface area contributed by atoms with Gasteiger partial charge in [0.1, 0.15) is 0 Å². The van der Waals surface area contributed by atoms with Crippen molar-refractivity contribution in [2.45, 2.75) is 12.4 Å². The van der Waals surface area contributed by atoms with E-state index in [1.54, 1.807) is 0 Å². The Morgan fingerprint density at radius 2 is 1.48 bits per heavy atom. The number of nitrogens with zero attached hydrogens (tertiary/aromatic N) is 2. The summed E-state index contributed by atoms with van der Waals surface area (Å²) in [4.78, 5) is 5.69. The lowest BCUT2D eigenvalue weighted by Crippen LogP contribution is -2.19. The number of halogens is 7. The van der Waals surface area contributed by atoms with Gasteiger partial charge in [-0.2, -0.15) is 31.3 Å². The summed E-state index contributed by atoms with van der Waals surface area (Å²) in [6, 6.07) is 4.97. The van der Waals surface area contributed by atoms with E-state index >= 15 is 0 Å². The van der Waals surface area contributed by atoms with Gasteiger partial charge in [0, 0.05) is 5.02 Å². The smallest absolute Gasteiger partial charge is 0.451 e. The molecule has 23 heavy (non-hydrogen) atoms. The van der Waals surface area contributed by atoms with E-state index in [-0.39, 0.29) is 10.6 Å². The second-order valence-corrected chi connectivity index (χ2v) is 4.72. The molecule has 1 heterocycles. The fourth-order valence-corrected chi connectivity index (χ4v) is 1.92. The molecule has 0 N–H and O–H groups in total. The first kappa shape index (κ1) is 17.3. The molecule has 2 aromatic rings. The summed E-state index contributed by atoms with van der Waals surface area (Å²) in [6.07, 6.45) is -10.3. The van der Waals surface area contributed by atoms with Gasteiger partial charge in [-0.25, -0.2) is 4.98 Å². The van der Waals surface area contributed by atoms with Gasteiger partial charge in [0.15, 0.2) is 5.69 Å². The van der Waals surface area contributed by atoms with Gasteiger partial charge in [-0.15, -0.1) is 0 Å². The number of methoxy groups -OCH3 is 1. The van der Waals surface area contributed by atoms with Crippen molar-refractivity contribution in [1.82, 2.24) is 9.97 Å². The summed E-state index contributed by atoms with van der Waals surface area (Å²) < 4.78 is 82.2. The van der Waals surface area contributed by atoms with Crippen molar-refractivity contribution in [2.24, 2.45) is 0 Å². The summed E-state index contributed by atoms with van der Waals surface area (Å²) >= 11 is 5.65. The van der Waals surface area contributed by atoms with Gasteiger partial charge >= 0.3 is 12.4 Å². The van der Waals surface area contributed by atoms with Crippen LogP contribution in [0.1, 0.15) is 11.5 Å². The van der Waals surface area contributed by atoms with Gasteiger partial charge < -0.3 is 4.74 Å². The molecule has 0 fully saturated rings. The highest BCUT2D eigenvalue weighted by atomic mass is 35.5. The molecule has 1 aromatic heterocycles. The Balaban J connectivity index is 2.80. The zero-order valence-electron chi connectivity index (χ0n) is 11.3. The molecule has 1 aromatic carbocycles. The molecule has 0 unspecified atom stereocenters. The fraction of sp³-hybridized carbons (Fsp3) is 0.231. The van der Waals surface area contributed by atoms with Gasteiger partial charge in [0.05, 0.1) is 12.7 Å². The minimum Gasteiger partial charge on any atom is -0.480 e. The van der Waals surface area contributed by atoms with Crippen LogP contribution in [0.5, 0.6) is 5.88 Å². The van der Waals surface area contributed by atoms with Crippen LogP contribution >= 0.6 is 11.6 Å². The quantitative estimate of drug-likeness (QED) is 0.722. The van der Waals surface area contributed by atoms with Crippen molar-refractivity contribution in [3.05, 3.63) is 40.8 Å². The van der Waals surface area contributed by atoms with Crippen LogP contribution in [0, 0.1) is 0 Å². The minimum atomic E-state index is -5.15. The van der Waals surface area contributed by atoms with Crippen LogP contribution in [0.4, 0.5) is 26.3 Å². The van der Waals surface area contributed by atoms with E-state index in [9.17, 15) is 26.3 Å². The van der Waals surface area contributed by atoms with Crippen molar-refractivity contribution in [1.29, 1.82) is 0 Å². The molecule has 3 nitrogen and oxygen atoms in total. The fourth-order valence-electron chi connectivity index (χ4n) is 1.80. The van der Waals surface area contributed by atoms with Crippen molar-refractivity contribution >= 4 is 11.6 Å². The van der Waals surface area contributed by atoms with Gasteiger partial charge in [-0.3, -0.25) is 0 Å². The Hall–Kier alpha value is -2.03. The second-order valence-electron chi connectivity index (χ2n) is 4.28. The molecule has 0 aliphatic carbocycles. The van der Waals surface area contributed by atoms with Gasteiger partial charge in [-0.05, 0) is 17.7 Å². The highest BCUT2D eigenvalue weighted by Gasteiger charge is 2.43. The van der Waals surface area contributed by atoms with Gasteiger partial charge in [0.2, 0.25) is 11.7 Å². The average molecular weight is 357 g/mol. The van der Waals surface area contributed by atoms with E-state index in [0.717, 1.165) is 7.11 Å². The molecule has 10 heteroatoms. The van der Waals surface area contributed by atoms with Crippen molar-refractivity contribution in [2.75, 3.05) is 7.11 Å². The topological polar surface area (TPSA) is 35.0 Å². The molecule has 0 spiro atoms. The highest BCUT2D eigenvalue weighted by molar-refractivity contribution is 6.30. The highest BCUT2D eigenvalue weighted by Crippen LogP contribution is 2.42. The predicted molar refractivity (Wildman–Crippen MR) is 69.0 cm³/mol. The van der Waals surface area contributed by atoms with E-state index in [4.69, 9.17) is 11.6 Å². The lowest BCUT2D eigenvalue weighted by atomic mass is 10.0. The second kappa shape index (κ2) is 5.88. The number of aromatic nitrogens is 2. The van der Waals surface area contributed by atoms with E-state index in [1.807, 2.05) is 0 Å². The monoisotopic (exact) mass is 356 g/mol. The molecule has 0 radical (unpaired) electrons. The van der Waals surface area contributed by atoms with Crippen LogP contribution in [0.3, 0.4) is 0 Å². The third kappa shape index (κ3) is 3.66. The molecule has 0 amide bonds. The third-order valence-electron chi connectivity index (χ3n) is 2.72. The van der Waals surface area contributed by atoms with E-state index in [2.05, 4.69) is 14.7 Å². The Labute approximate surface area is 130 Å². The van der Waals surface area contributed by atoms with E-state index in [0.29, 0.717) is 0 Å².